The molecule has 0 aliphatic carbocycles. The first-order valence-electron chi connectivity index (χ1n) is 7.42. The fourth-order valence-corrected chi connectivity index (χ4v) is 4.21. The largest absolute Gasteiger partial charge is 0.476 e. The number of sulfonamides is 1. The van der Waals surface area contributed by atoms with Crippen LogP contribution in [0.4, 0.5) is 13.2 Å². The maximum atomic E-state index is 12.8. The van der Waals surface area contributed by atoms with Gasteiger partial charge in [-0.25, -0.2) is 13.2 Å². The summed E-state index contributed by atoms with van der Waals surface area (Å²) in [6.45, 7) is -0.218. The fourth-order valence-electron chi connectivity index (χ4n) is 2.73. The summed E-state index contributed by atoms with van der Waals surface area (Å²) >= 11 is 0. The Morgan fingerprint density at radius 3 is 2.73 bits per heavy atom. The molecule has 1 aliphatic heterocycles. The van der Waals surface area contributed by atoms with E-state index in [1.54, 1.807) is 0 Å². The van der Waals surface area contributed by atoms with Crippen LogP contribution in [0, 0.1) is 0 Å². The average Bonchev–Trinajstić information content (AvgIpc) is 2.97. The SMILES string of the molecule is O=C(O)c1noc2c1CN(S(=O)(=O)Cc1cccc(C(F)(F)F)c1)CC2. The van der Waals surface area contributed by atoms with Gasteiger partial charge in [0.25, 0.3) is 0 Å². The van der Waals surface area contributed by atoms with Gasteiger partial charge < -0.3 is 9.63 Å². The monoisotopic (exact) mass is 390 g/mol. The summed E-state index contributed by atoms with van der Waals surface area (Å²) in [6.07, 6.45) is -4.43. The molecule has 0 spiro atoms. The van der Waals surface area contributed by atoms with Crippen molar-refractivity contribution < 1.29 is 36.0 Å². The number of carboxylic acid groups (broad SMARTS) is 1. The fraction of sp³-hybridized carbons (Fsp3) is 0.333. The highest BCUT2D eigenvalue weighted by atomic mass is 32.2. The molecule has 0 saturated heterocycles. The summed E-state index contributed by atoms with van der Waals surface area (Å²) < 4.78 is 69.4. The number of halogens is 3. The third-order valence-electron chi connectivity index (χ3n) is 3.99. The van der Waals surface area contributed by atoms with E-state index in [0.29, 0.717) is 5.76 Å². The minimum absolute atomic E-state index is 0.00519. The van der Waals surface area contributed by atoms with Crippen molar-refractivity contribution >= 4 is 16.0 Å². The number of fused-ring (bicyclic) bond motifs is 1. The third kappa shape index (κ3) is 3.58. The second-order valence-corrected chi connectivity index (χ2v) is 7.74. The van der Waals surface area contributed by atoms with Gasteiger partial charge in [0.05, 0.1) is 11.3 Å². The van der Waals surface area contributed by atoms with Crippen LogP contribution in [0.25, 0.3) is 0 Å². The van der Waals surface area contributed by atoms with Crippen LogP contribution >= 0.6 is 0 Å². The molecule has 140 valence electrons. The smallest absolute Gasteiger partial charge is 0.416 e. The van der Waals surface area contributed by atoms with Gasteiger partial charge in [-0.2, -0.15) is 17.5 Å². The molecule has 11 heteroatoms. The molecule has 3 rings (SSSR count). The number of rotatable bonds is 4. The van der Waals surface area contributed by atoms with E-state index in [2.05, 4.69) is 5.16 Å². The summed E-state index contributed by atoms with van der Waals surface area (Å²) in [5.74, 6) is -1.67. The van der Waals surface area contributed by atoms with Crippen LogP contribution in [0.5, 0.6) is 0 Å². The van der Waals surface area contributed by atoms with Crippen LogP contribution in [-0.2, 0) is 34.9 Å². The number of hydrogen-bond acceptors (Lipinski definition) is 5. The highest BCUT2D eigenvalue weighted by Crippen LogP contribution is 2.31. The Morgan fingerprint density at radius 1 is 1.35 bits per heavy atom. The lowest BCUT2D eigenvalue weighted by Crippen LogP contribution is -2.36. The summed E-state index contributed by atoms with van der Waals surface area (Å²) in [5, 5.41) is 12.5. The predicted octanol–water partition coefficient (Wildman–Crippen LogP) is 2.28. The molecule has 1 aliphatic rings. The molecule has 0 amide bonds. The summed E-state index contributed by atoms with van der Waals surface area (Å²) in [5.41, 5.74) is -1.14. The van der Waals surface area contributed by atoms with E-state index >= 15 is 0 Å². The van der Waals surface area contributed by atoms with Crippen LogP contribution in [0.1, 0.15) is 32.9 Å². The van der Waals surface area contributed by atoms with Crippen LogP contribution < -0.4 is 0 Å². The van der Waals surface area contributed by atoms with Crippen molar-refractivity contribution in [3.63, 3.8) is 0 Å². The lowest BCUT2D eigenvalue weighted by molar-refractivity contribution is -0.137. The number of benzene rings is 1. The van der Waals surface area contributed by atoms with Gasteiger partial charge in [0.2, 0.25) is 10.0 Å². The molecule has 0 radical (unpaired) electrons. The molecule has 1 aromatic heterocycles. The van der Waals surface area contributed by atoms with Crippen molar-refractivity contribution in [2.24, 2.45) is 0 Å². The van der Waals surface area contributed by atoms with Crippen LogP contribution in [0.2, 0.25) is 0 Å². The maximum Gasteiger partial charge on any atom is 0.416 e. The molecule has 0 saturated carbocycles. The zero-order chi connectivity index (χ0) is 19.1. The molecule has 2 aromatic rings. The van der Waals surface area contributed by atoms with Crippen LogP contribution in [0.15, 0.2) is 28.8 Å². The number of aromatic carboxylic acids is 1. The minimum Gasteiger partial charge on any atom is -0.476 e. The van der Waals surface area contributed by atoms with E-state index in [4.69, 9.17) is 9.63 Å². The van der Waals surface area contributed by atoms with E-state index < -0.39 is 33.5 Å². The van der Waals surface area contributed by atoms with Gasteiger partial charge in [-0.15, -0.1) is 0 Å². The highest BCUT2D eigenvalue weighted by molar-refractivity contribution is 7.88. The van der Waals surface area contributed by atoms with Crippen molar-refractivity contribution in [2.45, 2.75) is 24.9 Å². The van der Waals surface area contributed by atoms with Gasteiger partial charge in [0, 0.05) is 25.1 Å². The van der Waals surface area contributed by atoms with Gasteiger partial charge in [-0.05, 0) is 11.6 Å². The Balaban J connectivity index is 1.83. The maximum absolute atomic E-state index is 12.8. The Kier molecular flexibility index (Phi) is 4.53. The zero-order valence-electron chi connectivity index (χ0n) is 13.2. The lowest BCUT2D eigenvalue weighted by atomic mass is 10.1. The minimum atomic E-state index is -4.57. The Labute approximate surface area is 146 Å². The standard InChI is InChI=1S/C15H13F3N2O5S/c16-15(17,18)10-3-1-2-9(6-10)8-26(23,24)20-5-4-12-11(7-20)13(14(21)22)19-25-12/h1-3,6H,4-5,7-8H2,(H,21,22). The molecule has 0 unspecified atom stereocenters. The molecule has 0 bridgehead atoms. The number of carboxylic acids is 1. The second-order valence-electron chi connectivity index (χ2n) is 5.78. The summed E-state index contributed by atoms with van der Waals surface area (Å²) in [4.78, 5) is 11.1. The van der Waals surface area contributed by atoms with Gasteiger partial charge in [0.15, 0.2) is 5.69 Å². The average molecular weight is 390 g/mol. The quantitative estimate of drug-likeness (QED) is 0.860. The highest BCUT2D eigenvalue weighted by Gasteiger charge is 2.34. The molecule has 26 heavy (non-hydrogen) atoms. The zero-order valence-corrected chi connectivity index (χ0v) is 14.0. The van der Waals surface area contributed by atoms with E-state index in [-0.39, 0.29) is 36.3 Å². The van der Waals surface area contributed by atoms with Gasteiger partial charge in [-0.1, -0.05) is 23.4 Å². The van der Waals surface area contributed by atoms with Crippen molar-refractivity contribution in [1.82, 2.24) is 9.46 Å². The van der Waals surface area contributed by atoms with Gasteiger partial charge >= 0.3 is 12.1 Å². The molecule has 2 heterocycles. The number of hydrogen-bond donors (Lipinski definition) is 1. The van der Waals surface area contributed by atoms with Gasteiger partial charge in [0.1, 0.15) is 5.76 Å². The van der Waals surface area contributed by atoms with E-state index in [1.165, 1.54) is 6.07 Å². The van der Waals surface area contributed by atoms with Crippen molar-refractivity contribution in [1.29, 1.82) is 0 Å². The molecule has 0 fully saturated rings. The Bertz CT molecular complexity index is 952. The van der Waals surface area contributed by atoms with E-state index in [1.807, 2.05) is 0 Å². The third-order valence-corrected chi connectivity index (χ3v) is 5.79. The molecule has 1 aromatic carbocycles. The molecular weight excluding hydrogens is 377 g/mol. The first-order valence-corrected chi connectivity index (χ1v) is 9.03. The van der Waals surface area contributed by atoms with Crippen molar-refractivity contribution in [2.75, 3.05) is 6.54 Å². The first kappa shape index (κ1) is 18.4. The van der Waals surface area contributed by atoms with Crippen LogP contribution in [-0.4, -0.2) is 35.5 Å². The number of aromatic nitrogens is 1. The van der Waals surface area contributed by atoms with E-state index in [9.17, 15) is 26.4 Å². The molecular formula is C15H13F3N2O5S. The topological polar surface area (TPSA) is 101 Å². The number of nitrogens with zero attached hydrogens (tertiary/aromatic N) is 2. The Hall–Kier alpha value is -2.40. The number of carbonyl (C=O) groups is 1. The second kappa shape index (κ2) is 6.40. The summed E-state index contributed by atoms with van der Waals surface area (Å²) in [7, 11) is -3.96. The van der Waals surface area contributed by atoms with Gasteiger partial charge in [-0.3, -0.25) is 0 Å². The molecule has 1 N–H and O–H groups in total. The predicted molar refractivity (Wildman–Crippen MR) is 81.6 cm³/mol. The normalized spacial score (nSPS) is 15.7. The lowest BCUT2D eigenvalue weighted by Gasteiger charge is -2.25. The van der Waals surface area contributed by atoms with Crippen molar-refractivity contribution in [3.8, 4) is 0 Å². The van der Waals surface area contributed by atoms with E-state index in [0.717, 1.165) is 22.5 Å². The summed E-state index contributed by atoms with van der Waals surface area (Å²) in [6, 6.07) is 4.09. The Morgan fingerprint density at radius 2 is 2.08 bits per heavy atom. The number of alkyl halides is 3. The first-order chi connectivity index (χ1) is 12.1. The molecule has 7 nitrogen and oxygen atoms in total. The van der Waals surface area contributed by atoms with Crippen molar-refractivity contribution in [3.05, 3.63) is 52.4 Å². The van der Waals surface area contributed by atoms with Crippen LogP contribution in [0.3, 0.4) is 0 Å². The molecule has 0 atom stereocenters.